The molecule has 0 aliphatic carbocycles. The van der Waals surface area contributed by atoms with Crippen LogP contribution in [0.3, 0.4) is 0 Å². The van der Waals surface area contributed by atoms with Crippen molar-refractivity contribution in [2.75, 3.05) is 13.4 Å². The molecule has 8 nitrogen and oxygen atoms in total. The summed E-state index contributed by atoms with van der Waals surface area (Å²) in [5, 5.41) is 0. The van der Waals surface area contributed by atoms with Gasteiger partial charge in [0.25, 0.3) is 5.56 Å². The van der Waals surface area contributed by atoms with E-state index >= 15 is 0 Å². The number of thioether (sulfide) groups is 1. The lowest BCUT2D eigenvalue weighted by atomic mass is 9.96. The number of hydrogen-bond acceptors (Lipinski definition) is 9. The van der Waals surface area contributed by atoms with Crippen LogP contribution in [0.1, 0.15) is 44.9 Å². The Morgan fingerprint density at radius 3 is 2.45 bits per heavy atom. The number of fused-ring (bicyclic) bond motifs is 1. The number of carbonyl (C=O) groups is 2. The molecule has 1 atom stereocenters. The molecule has 0 radical (unpaired) electrons. The third kappa shape index (κ3) is 5.61. The van der Waals surface area contributed by atoms with E-state index in [1.165, 1.54) is 25.4 Å². The van der Waals surface area contributed by atoms with Crippen LogP contribution >= 0.6 is 23.1 Å². The molecule has 2 heterocycles. The van der Waals surface area contributed by atoms with Crippen molar-refractivity contribution in [1.82, 2.24) is 4.57 Å². The molecular weight excluding hydrogens is 524 g/mol. The molecule has 1 aliphatic rings. The van der Waals surface area contributed by atoms with Crippen molar-refractivity contribution in [2.45, 2.75) is 44.7 Å². The van der Waals surface area contributed by atoms with Crippen LogP contribution in [0.15, 0.2) is 68.4 Å². The molecule has 0 bridgehead atoms. The van der Waals surface area contributed by atoms with Crippen molar-refractivity contribution >= 4 is 41.1 Å². The van der Waals surface area contributed by atoms with Gasteiger partial charge in [0.2, 0.25) is 0 Å². The summed E-state index contributed by atoms with van der Waals surface area (Å²) < 4.78 is 18.1. The Morgan fingerprint density at radius 2 is 1.84 bits per heavy atom. The van der Waals surface area contributed by atoms with Crippen LogP contribution in [-0.4, -0.2) is 36.0 Å². The molecule has 198 valence electrons. The number of nitrogens with zero attached hydrogens (tertiary/aromatic N) is 2. The minimum absolute atomic E-state index is 0.280. The average Bonchev–Trinajstić information content (AvgIpc) is 3.17. The lowest BCUT2D eigenvalue weighted by Gasteiger charge is -2.25. The van der Waals surface area contributed by atoms with Gasteiger partial charge >= 0.3 is 11.9 Å². The van der Waals surface area contributed by atoms with E-state index in [1.54, 1.807) is 61.4 Å². The van der Waals surface area contributed by atoms with Gasteiger partial charge in [-0.2, -0.15) is 0 Å². The van der Waals surface area contributed by atoms with E-state index in [2.05, 4.69) is 4.99 Å². The number of allylic oxidation sites excluding steroid dienone is 1. The van der Waals surface area contributed by atoms with Gasteiger partial charge in [-0.15, -0.1) is 11.8 Å². The number of aromatic nitrogens is 1. The van der Waals surface area contributed by atoms with Crippen molar-refractivity contribution in [3.8, 4) is 11.5 Å². The molecule has 0 spiro atoms. The molecular formula is C28H28N2O6S2. The molecule has 38 heavy (non-hydrogen) atoms. The number of methoxy groups -OCH3 is 1. The monoisotopic (exact) mass is 552 g/mol. The van der Waals surface area contributed by atoms with Crippen LogP contribution < -0.4 is 24.4 Å². The van der Waals surface area contributed by atoms with E-state index < -0.39 is 18.0 Å². The molecule has 0 N–H and O–H groups in total. The number of hydrogen-bond donors (Lipinski definition) is 0. The maximum Gasteiger partial charge on any atom is 0.338 e. The Labute approximate surface area is 228 Å². The zero-order valence-electron chi connectivity index (χ0n) is 21.9. The SMILES string of the molecule is COc1cc(C=c2sc3n(c2=O)C(c2ccc(SC)cc2)C(C(=O)OC(C)C)=C(C)N=3)ccc1OC(C)=O. The van der Waals surface area contributed by atoms with Crippen molar-refractivity contribution in [3.63, 3.8) is 0 Å². The zero-order valence-corrected chi connectivity index (χ0v) is 23.6. The summed E-state index contributed by atoms with van der Waals surface area (Å²) in [7, 11) is 1.48. The first-order chi connectivity index (χ1) is 18.1. The Hall–Kier alpha value is -3.63. The molecule has 1 unspecified atom stereocenters. The minimum Gasteiger partial charge on any atom is -0.493 e. The van der Waals surface area contributed by atoms with Gasteiger partial charge in [0, 0.05) is 11.8 Å². The summed E-state index contributed by atoms with van der Waals surface area (Å²) in [5.41, 5.74) is 2.03. The van der Waals surface area contributed by atoms with E-state index in [9.17, 15) is 14.4 Å². The van der Waals surface area contributed by atoms with Gasteiger partial charge in [-0.1, -0.05) is 29.5 Å². The lowest BCUT2D eigenvalue weighted by Crippen LogP contribution is -2.40. The van der Waals surface area contributed by atoms with Gasteiger partial charge in [-0.3, -0.25) is 14.2 Å². The Kier molecular flexibility index (Phi) is 8.23. The molecule has 0 fully saturated rings. The summed E-state index contributed by atoms with van der Waals surface area (Å²) in [6.07, 6.45) is 3.39. The zero-order chi connectivity index (χ0) is 27.6. The smallest absolute Gasteiger partial charge is 0.338 e. The summed E-state index contributed by atoms with van der Waals surface area (Å²) in [6, 6.07) is 12.1. The second kappa shape index (κ2) is 11.4. The molecule has 2 aromatic carbocycles. The maximum atomic E-state index is 13.8. The summed E-state index contributed by atoms with van der Waals surface area (Å²) >= 11 is 2.84. The van der Waals surface area contributed by atoms with Crippen LogP contribution in [-0.2, 0) is 14.3 Å². The molecule has 0 saturated heterocycles. The number of rotatable bonds is 7. The number of benzene rings is 2. The van der Waals surface area contributed by atoms with Crippen molar-refractivity contribution < 1.29 is 23.8 Å². The molecule has 3 aromatic rings. The third-order valence-electron chi connectivity index (χ3n) is 5.76. The summed E-state index contributed by atoms with van der Waals surface area (Å²) in [5.74, 6) is -0.309. The van der Waals surface area contributed by atoms with Gasteiger partial charge in [-0.25, -0.2) is 9.79 Å². The van der Waals surface area contributed by atoms with Crippen LogP contribution in [0.4, 0.5) is 0 Å². The van der Waals surface area contributed by atoms with Crippen LogP contribution in [0.2, 0.25) is 0 Å². The Morgan fingerprint density at radius 1 is 1.13 bits per heavy atom. The predicted octanol–water partition coefficient (Wildman–Crippen LogP) is 3.84. The molecule has 4 rings (SSSR count). The average molecular weight is 553 g/mol. The van der Waals surface area contributed by atoms with E-state index in [1.807, 2.05) is 30.5 Å². The lowest BCUT2D eigenvalue weighted by molar-refractivity contribution is -0.143. The topological polar surface area (TPSA) is 96.2 Å². The standard InChI is InChI=1S/C28H28N2O6S2/c1-15(2)35-27(33)24-16(3)29-28-30(25(24)19-8-10-20(37-6)11-9-19)26(32)23(38-28)14-18-7-12-21(36-17(4)31)22(13-18)34-5/h7-15,25H,1-6H3. The van der Waals surface area contributed by atoms with Gasteiger partial charge < -0.3 is 14.2 Å². The van der Waals surface area contributed by atoms with E-state index in [0.29, 0.717) is 31.9 Å². The fourth-order valence-corrected chi connectivity index (χ4v) is 5.58. The van der Waals surface area contributed by atoms with Crippen molar-refractivity contribution in [1.29, 1.82) is 0 Å². The molecule has 0 amide bonds. The highest BCUT2D eigenvalue weighted by Crippen LogP contribution is 2.32. The van der Waals surface area contributed by atoms with Crippen LogP contribution in [0.25, 0.3) is 6.08 Å². The first kappa shape index (κ1) is 27.4. The van der Waals surface area contributed by atoms with Gasteiger partial charge in [0.05, 0.1) is 35.1 Å². The first-order valence-corrected chi connectivity index (χ1v) is 13.9. The Bertz CT molecular complexity index is 1600. The van der Waals surface area contributed by atoms with Crippen LogP contribution in [0.5, 0.6) is 11.5 Å². The second-order valence-corrected chi connectivity index (χ2v) is 10.7. The molecule has 1 aromatic heterocycles. The highest BCUT2D eigenvalue weighted by Gasteiger charge is 2.33. The maximum absolute atomic E-state index is 13.8. The fraction of sp³-hybridized carbons (Fsp3) is 0.286. The number of ether oxygens (including phenoxy) is 3. The van der Waals surface area contributed by atoms with Crippen molar-refractivity contribution in [2.24, 2.45) is 4.99 Å². The summed E-state index contributed by atoms with van der Waals surface area (Å²) in [6.45, 7) is 6.64. The first-order valence-electron chi connectivity index (χ1n) is 11.9. The van der Waals surface area contributed by atoms with Crippen LogP contribution in [0, 0.1) is 0 Å². The number of esters is 2. The van der Waals surface area contributed by atoms with Gasteiger partial charge in [0.1, 0.15) is 0 Å². The number of thiazole rings is 1. The predicted molar refractivity (Wildman–Crippen MR) is 148 cm³/mol. The van der Waals surface area contributed by atoms with Gasteiger partial charge in [0.15, 0.2) is 16.3 Å². The van der Waals surface area contributed by atoms with E-state index in [0.717, 1.165) is 10.5 Å². The highest BCUT2D eigenvalue weighted by atomic mass is 32.2. The molecule has 0 saturated carbocycles. The minimum atomic E-state index is -0.684. The number of carbonyl (C=O) groups excluding carboxylic acids is 2. The van der Waals surface area contributed by atoms with E-state index in [4.69, 9.17) is 14.2 Å². The Balaban J connectivity index is 1.88. The second-order valence-electron chi connectivity index (χ2n) is 8.81. The quantitative estimate of drug-likeness (QED) is 0.250. The highest BCUT2D eigenvalue weighted by molar-refractivity contribution is 7.98. The molecule has 1 aliphatic heterocycles. The van der Waals surface area contributed by atoms with Gasteiger partial charge in [-0.05, 0) is 68.5 Å². The largest absolute Gasteiger partial charge is 0.493 e. The third-order valence-corrected chi connectivity index (χ3v) is 7.48. The van der Waals surface area contributed by atoms with Crippen molar-refractivity contribution in [3.05, 3.63) is 84.5 Å². The van der Waals surface area contributed by atoms with E-state index in [-0.39, 0.29) is 17.4 Å². The summed E-state index contributed by atoms with van der Waals surface area (Å²) in [4.78, 5) is 44.6. The normalized spacial score (nSPS) is 15.2. The fourth-order valence-electron chi connectivity index (χ4n) is 4.13. The molecule has 10 heteroatoms.